The van der Waals surface area contributed by atoms with Gasteiger partial charge in [-0.15, -0.1) is 0 Å². The summed E-state index contributed by atoms with van der Waals surface area (Å²) in [5.74, 6) is -2.25. The number of halogens is 5. The molecule has 0 radical (unpaired) electrons. The summed E-state index contributed by atoms with van der Waals surface area (Å²) in [6.07, 6.45) is -4.98. The van der Waals surface area contributed by atoms with Gasteiger partial charge in [-0.2, -0.15) is 13.2 Å². The van der Waals surface area contributed by atoms with Gasteiger partial charge in [0.2, 0.25) is 11.2 Å². The molecular weight excluding hydrogens is 516 g/mol. The van der Waals surface area contributed by atoms with Gasteiger partial charge in [0, 0.05) is 21.7 Å². The smallest absolute Gasteiger partial charge is 0.453 e. The number of hydrogen-bond donors (Lipinski definition) is 0. The fourth-order valence-corrected chi connectivity index (χ4v) is 4.21. The number of alkyl halides is 3. The molecule has 0 fully saturated rings. The highest BCUT2D eigenvalue weighted by atomic mass is 35.5. The summed E-state index contributed by atoms with van der Waals surface area (Å²) in [6, 6.07) is 20.9. The summed E-state index contributed by atoms with van der Waals surface area (Å²) in [5.41, 5.74) is -0.754. The molecular formula is C27H15Cl2F3O4. The van der Waals surface area contributed by atoms with Crippen LogP contribution in [0.5, 0.6) is 17.2 Å². The van der Waals surface area contributed by atoms with Crippen LogP contribution in [0.1, 0.15) is 11.3 Å². The molecule has 0 aliphatic rings. The number of ether oxygens (including phenoxy) is 2. The summed E-state index contributed by atoms with van der Waals surface area (Å²) in [5, 5.41) is 2.28. The highest BCUT2D eigenvalue weighted by Crippen LogP contribution is 2.39. The first kappa shape index (κ1) is 24.0. The number of benzene rings is 4. The molecule has 0 saturated carbocycles. The minimum atomic E-state index is -4.98. The van der Waals surface area contributed by atoms with Crippen LogP contribution in [0.4, 0.5) is 13.2 Å². The molecule has 0 unspecified atom stereocenters. The first-order valence-electron chi connectivity index (χ1n) is 10.6. The highest BCUT2D eigenvalue weighted by Gasteiger charge is 2.40. The van der Waals surface area contributed by atoms with Gasteiger partial charge in [0.1, 0.15) is 23.7 Å². The molecule has 9 heteroatoms. The summed E-state index contributed by atoms with van der Waals surface area (Å²) in [4.78, 5) is 13.1. The van der Waals surface area contributed by atoms with Gasteiger partial charge < -0.3 is 13.9 Å². The normalized spacial score (nSPS) is 11.7. The van der Waals surface area contributed by atoms with Gasteiger partial charge >= 0.3 is 6.18 Å². The summed E-state index contributed by atoms with van der Waals surface area (Å²) in [6.45, 7) is -0.0382. The Kier molecular flexibility index (Phi) is 6.28. The van der Waals surface area contributed by atoms with Crippen LogP contribution < -0.4 is 14.9 Å². The second-order valence-electron chi connectivity index (χ2n) is 7.85. The Morgan fingerprint density at radius 2 is 1.50 bits per heavy atom. The van der Waals surface area contributed by atoms with E-state index in [-0.39, 0.29) is 29.1 Å². The predicted octanol–water partition coefficient (Wildman–Crippen LogP) is 8.64. The van der Waals surface area contributed by atoms with E-state index in [1.54, 1.807) is 42.5 Å². The zero-order valence-electron chi connectivity index (χ0n) is 18.2. The van der Waals surface area contributed by atoms with Crippen molar-refractivity contribution < 1.29 is 27.1 Å². The predicted molar refractivity (Wildman–Crippen MR) is 132 cm³/mol. The quantitative estimate of drug-likeness (QED) is 0.228. The van der Waals surface area contributed by atoms with Crippen LogP contribution in [0.3, 0.4) is 0 Å². The SMILES string of the molecule is O=c1c(Oc2ccc3ccccc3c2)c(C(F)(F)F)oc2cc(OCc3c(Cl)cccc3Cl)ccc12. The lowest BCUT2D eigenvalue weighted by Gasteiger charge is -2.14. The third-order valence-corrected chi connectivity index (χ3v) is 6.17. The third kappa shape index (κ3) is 4.72. The van der Waals surface area contributed by atoms with Gasteiger partial charge in [0.25, 0.3) is 5.76 Å². The monoisotopic (exact) mass is 530 g/mol. The molecule has 0 amide bonds. The van der Waals surface area contributed by atoms with Gasteiger partial charge in [-0.05, 0) is 47.2 Å². The van der Waals surface area contributed by atoms with E-state index < -0.39 is 23.1 Å². The van der Waals surface area contributed by atoms with E-state index in [1.165, 1.54) is 24.3 Å². The van der Waals surface area contributed by atoms with E-state index in [0.717, 1.165) is 10.8 Å². The Bertz CT molecular complexity index is 1640. The Balaban J connectivity index is 1.53. The lowest BCUT2D eigenvalue weighted by Crippen LogP contribution is -2.15. The van der Waals surface area contributed by atoms with Gasteiger partial charge in [-0.1, -0.05) is 59.6 Å². The number of fused-ring (bicyclic) bond motifs is 2. The molecule has 4 nitrogen and oxygen atoms in total. The average molecular weight is 531 g/mol. The van der Waals surface area contributed by atoms with Crippen molar-refractivity contribution >= 4 is 44.9 Å². The van der Waals surface area contributed by atoms with Crippen molar-refractivity contribution in [3.8, 4) is 17.2 Å². The summed E-state index contributed by atoms with van der Waals surface area (Å²) >= 11 is 12.3. The maximum Gasteiger partial charge on any atom is 0.453 e. The van der Waals surface area contributed by atoms with E-state index >= 15 is 0 Å². The highest BCUT2D eigenvalue weighted by molar-refractivity contribution is 6.35. The maximum atomic E-state index is 13.9. The standard InChI is InChI=1S/C27H15Cl2F3O4/c28-21-6-3-7-22(29)20(21)14-34-17-10-11-19-23(13-17)36-26(27(30,31)32)25(24(19)33)35-18-9-8-15-4-1-2-5-16(15)12-18/h1-13H,14H2. The van der Waals surface area contributed by atoms with Crippen LogP contribution in [0.25, 0.3) is 21.7 Å². The Labute approximate surface area is 212 Å². The number of hydrogen-bond acceptors (Lipinski definition) is 4. The topological polar surface area (TPSA) is 48.7 Å². The van der Waals surface area contributed by atoms with Crippen LogP contribution >= 0.6 is 23.2 Å². The third-order valence-electron chi connectivity index (χ3n) is 5.47. The first-order chi connectivity index (χ1) is 17.2. The van der Waals surface area contributed by atoms with Crippen molar-refractivity contribution in [2.45, 2.75) is 12.8 Å². The van der Waals surface area contributed by atoms with Gasteiger partial charge in [0.15, 0.2) is 0 Å². The van der Waals surface area contributed by atoms with Gasteiger partial charge in [-0.25, -0.2) is 0 Å². The molecule has 0 saturated heterocycles. The van der Waals surface area contributed by atoms with Crippen molar-refractivity contribution in [1.29, 1.82) is 0 Å². The molecule has 1 aromatic heterocycles. The molecule has 0 aliphatic heterocycles. The average Bonchev–Trinajstić information content (AvgIpc) is 2.84. The van der Waals surface area contributed by atoms with Gasteiger partial charge in [-0.3, -0.25) is 4.79 Å². The zero-order chi connectivity index (χ0) is 25.4. The Hall–Kier alpha value is -3.68. The van der Waals surface area contributed by atoms with Crippen LogP contribution in [-0.4, -0.2) is 0 Å². The van der Waals surface area contributed by atoms with Crippen molar-refractivity contribution in [3.05, 3.63) is 110 Å². The van der Waals surface area contributed by atoms with Crippen molar-refractivity contribution in [3.63, 3.8) is 0 Å². The van der Waals surface area contributed by atoms with E-state index in [1.807, 2.05) is 12.1 Å². The minimum Gasteiger partial charge on any atom is -0.489 e. The molecule has 0 spiro atoms. The lowest BCUT2D eigenvalue weighted by molar-refractivity contribution is -0.154. The second kappa shape index (κ2) is 9.41. The summed E-state index contributed by atoms with van der Waals surface area (Å²) in [7, 11) is 0. The fourth-order valence-electron chi connectivity index (χ4n) is 3.70. The molecule has 36 heavy (non-hydrogen) atoms. The minimum absolute atomic E-state index is 0.0382. The largest absolute Gasteiger partial charge is 0.489 e. The molecule has 4 aromatic carbocycles. The Morgan fingerprint density at radius 1 is 0.806 bits per heavy atom. The molecule has 0 aliphatic carbocycles. The second-order valence-corrected chi connectivity index (χ2v) is 8.66. The lowest BCUT2D eigenvalue weighted by atomic mass is 10.1. The van der Waals surface area contributed by atoms with Crippen LogP contribution in [0, 0.1) is 0 Å². The fraction of sp³-hybridized carbons (Fsp3) is 0.0741. The zero-order valence-corrected chi connectivity index (χ0v) is 19.7. The van der Waals surface area contributed by atoms with E-state index in [9.17, 15) is 18.0 Å². The molecule has 0 N–H and O–H groups in total. The van der Waals surface area contributed by atoms with E-state index in [2.05, 4.69) is 0 Å². The molecule has 182 valence electrons. The Morgan fingerprint density at radius 3 is 2.22 bits per heavy atom. The molecule has 1 heterocycles. The van der Waals surface area contributed by atoms with Gasteiger partial charge in [0.05, 0.1) is 5.39 Å². The number of rotatable bonds is 5. The van der Waals surface area contributed by atoms with Crippen molar-refractivity contribution in [2.24, 2.45) is 0 Å². The van der Waals surface area contributed by atoms with E-state index in [0.29, 0.717) is 15.6 Å². The summed E-state index contributed by atoms with van der Waals surface area (Å²) < 4.78 is 58.0. The molecule has 0 bridgehead atoms. The van der Waals surface area contributed by atoms with Crippen LogP contribution in [-0.2, 0) is 12.8 Å². The maximum absolute atomic E-state index is 13.9. The first-order valence-corrected chi connectivity index (χ1v) is 11.4. The van der Waals surface area contributed by atoms with Crippen molar-refractivity contribution in [1.82, 2.24) is 0 Å². The van der Waals surface area contributed by atoms with Crippen LogP contribution in [0.2, 0.25) is 10.0 Å². The molecule has 5 aromatic rings. The van der Waals surface area contributed by atoms with Crippen molar-refractivity contribution in [2.75, 3.05) is 0 Å². The molecule has 5 rings (SSSR count). The van der Waals surface area contributed by atoms with Crippen LogP contribution in [0.15, 0.2) is 88.1 Å². The van der Waals surface area contributed by atoms with E-state index in [4.69, 9.17) is 37.1 Å². The molecule has 0 atom stereocenters.